The maximum absolute atomic E-state index is 11.2. The third-order valence-electron chi connectivity index (χ3n) is 2.53. The molecule has 104 valence electrons. The number of hydrogen-bond acceptors (Lipinski definition) is 4. The van der Waals surface area contributed by atoms with Crippen molar-refractivity contribution in [2.24, 2.45) is 0 Å². The van der Waals surface area contributed by atoms with Crippen molar-refractivity contribution in [3.63, 3.8) is 0 Å². The van der Waals surface area contributed by atoms with E-state index in [9.17, 15) is 4.79 Å². The molecule has 2 aromatic rings. The highest BCUT2D eigenvalue weighted by Gasteiger charge is 2.02. The van der Waals surface area contributed by atoms with Gasteiger partial charge in [0.1, 0.15) is 5.88 Å². The van der Waals surface area contributed by atoms with E-state index in [0.29, 0.717) is 11.6 Å². The van der Waals surface area contributed by atoms with Crippen molar-refractivity contribution in [2.45, 2.75) is 13.8 Å². The minimum Gasteiger partial charge on any atom is -0.325 e. The first kappa shape index (κ1) is 14.3. The summed E-state index contributed by atoms with van der Waals surface area (Å²) in [6.07, 6.45) is 0. The molecular weight excluding hydrogens is 276 g/mol. The molecule has 6 heteroatoms. The number of nitrogens with zero attached hydrogens (tertiary/aromatic N) is 2. The second-order valence-corrected chi connectivity index (χ2v) is 4.63. The molecule has 0 atom stereocenters. The summed E-state index contributed by atoms with van der Waals surface area (Å²) in [5, 5.41) is 5.79. The van der Waals surface area contributed by atoms with Gasteiger partial charge in [0.2, 0.25) is 11.9 Å². The summed E-state index contributed by atoms with van der Waals surface area (Å²) in [6.45, 7) is 3.84. The van der Waals surface area contributed by atoms with Crippen LogP contribution in [0.15, 0.2) is 30.3 Å². The van der Waals surface area contributed by atoms with Crippen molar-refractivity contribution in [3.05, 3.63) is 41.7 Å². The van der Waals surface area contributed by atoms with Gasteiger partial charge in [-0.1, -0.05) is 0 Å². The van der Waals surface area contributed by atoms with Crippen molar-refractivity contribution in [3.8, 4) is 0 Å². The number of aromatic nitrogens is 2. The predicted molar refractivity (Wildman–Crippen MR) is 80.6 cm³/mol. The number of amides is 1. The number of carbonyl (C=O) groups excluding carboxylic acids is 1. The van der Waals surface area contributed by atoms with Gasteiger partial charge in [0, 0.05) is 22.8 Å². The van der Waals surface area contributed by atoms with Gasteiger partial charge in [-0.15, -0.1) is 11.6 Å². The maximum atomic E-state index is 11.2. The van der Waals surface area contributed by atoms with Crippen LogP contribution in [0.4, 0.5) is 17.3 Å². The number of nitrogens with one attached hydrogen (secondary N) is 2. The zero-order valence-corrected chi connectivity index (χ0v) is 12.0. The first-order valence-corrected chi connectivity index (χ1v) is 6.65. The molecule has 0 unspecified atom stereocenters. The Kier molecular flexibility index (Phi) is 4.53. The molecule has 0 bridgehead atoms. The summed E-state index contributed by atoms with van der Waals surface area (Å²) in [4.78, 5) is 19.8. The van der Waals surface area contributed by atoms with E-state index in [1.165, 1.54) is 0 Å². The van der Waals surface area contributed by atoms with Crippen molar-refractivity contribution in [2.75, 3.05) is 16.5 Å². The van der Waals surface area contributed by atoms with Crippen LogP contribution in [0.2, 0.25) is 0 Å². The van der Waals surface area contributed by atoms with Gasteiger partial charge < -0.3 is 10.6 Å². The minimum atomic E-state index is -0.231. The molecular formula is C14H15ClN4O. The first-order valence-electron chi connectivity index (χ1n) is 6.12. The average Bonchev–Trinajstić information content (AvgIpc) is 2.39. The van der Waals surface area contributed by atoms with Crippen molar-refractivity contribution >= 4 is 34.8 Å². The molecule has 20 heavy (non-hydrogen) atoms. The molecule has 2 rings (SSSR count). The van der Waals surface area contributed by atoms with E-state index in [1.807, 2.05) is 32.0 Å². The standard InChI is InChI=1S/C14H15ClN4O/c1-9-7-10(2)17-14(16-9)19-12-5-3-11(4-6-12)18-13(20)8-15/h3-7H,8H2,1-2H3,(H,18,20)(H,16,17,19). The summed E-state index contributed by atoms with van der Waals surface area (Å²) in [6, 6.07) is 9.16. The van der Waals surface area contributed by atoms with Crippen LogP contribution in [0.25, 0.3) is 0 Å². The molecule has 5 nitrogen and oxygen atoms in total. The Hall–Kier alpha value is -2.14. The summed E-state index contributed by atoms with van der Waals surface area (Å²) in [5.41, 5.74) is 3.36. The van der Waals surface area contributed by atoms with Crippen LogP contribution in [-0.4, -0.2) is 21.8 Å². The largest absolute Gasteiger partial charge is 0.325 e. The highest BCUT2D eigenvalue weighted by molar-refractivity contribution is 6.29. The molecule has 1 heterocycles. The Bertz CT molecular complexity index is 593. The molecule has 0 aliphatic heterocycles. The lowest BCUT2D eigenvalue weighted by molar-refractivity contribution is -0.113. The molecule has 0 radical (unpaired) electrons. The van der Waals surface area contributed by atoms with Crippen LogP contribution in [0.5, 0.6) is 0 Å². The van der Waals surface area contributed by atoms with Gasteiger partial charge in [0.15, 0.2) is 0 Å². The van der Waals surface area contributed by atoms with Gasteiger partial charge in [-0.05, 0) is 44.2 Å². The lowest BCUT2D eigenvalue weighted by atomic mass is 10.3. The Morgan fingerprint density at radius 3 is 2.20 bits per heavy atom. The molecule has 0 saturated carbocycles. The fourth-order valence-electron chi connectivity index (χ4n) is 1.74. The Balaban J connectivity index is 2.08. The third kappa shape index (κ3) is 3.93. The molecule has 2 N–H and O–H groups in total. The maximum Gasteiger partial charge on any atom is 0.239 e. The third-order valence-corrected chi connectivity index (χ3v) is 2.77. The lowest BCUT2D eigenvalue weighted by Crippen LogP contribution is -2.12. The molecule has 1 aromatic heterocycles. The number of hydrogen-bond donors (Lipinski definition) is 2. The van der Waals surface area contributed by atoms with E-state index in [0.717, 1.165) is 17.1 Å². The van der Waals surface area contributed by atoms with Crippen LogP contribution in [-0.2, 0) is 4.79 Å². The van der Waals surface area contributed by atoms with Crippen molar-refractivity contribution in [1.29, 1.82) is 0 Å². The normalized spacial score (nSPS) is 10.2. The van der Waals surface area contributed by atoms with E-state index >= 15 is 0 Å². The van der Waals surface area contributed by atoms with Crippen molar-refractivity contribution in [1.82, 2.24) is 9.97 Å². The second-order valence-electron chi connectivity index (χ2n) is 4.36. The van der Waals surface area contributed by atoms with Crippen LogP contribution in [0.3, 0.4) is 0 Å². The zero-order valence-electron chi connectivity index (χ0n) is 11.3. The molecule has 1 aromatic carbocycles. The molecule has 0 aliphatic rings. The van der Waals surface area contributed by atoms with E-state index in [1.54, 1.807) is 12.1 Å². The summed E-state index contributed by atoms with van der Waals surface area (Å²) >= 11 is 5.43. The predicted octanol–water partition coefficient (Wildman–Crippen LogP) is 3.01. The fourth-order valence-corrected chi connectivity index (χ4v) is 1.81. The van der Waals surface area contributed by atoms with E-state index in [2.05, 4.69) is 20.6 Å². The van der Waals surface area contributed by atoms with Gasteiger partial charge in [0.25, 0.3) is 0 Å². The van der Waals surface area contributed by atoms with Crippen LogP contribution < -0.4 is 10.6 Å². The fraction of sp³-hybridized carbons (Fsp3) is 0.214. The number of anilines is 3. The van der Waals surface area contributed by atoms with Crippen LogP contribution >= 0.6 is 11.6 Å². The number of benzene rings is 1. The van der Waals surface area contributed by atoms with E-state index in [-0.39, 0.29) is 11.8 Å². The Morgan fingerprint density at radius 1 is 1.10 bits per heavy atom. The topological polar surface area (TPSA) is 66.9 Å². The monoisotopic (exact) mass is 290 g/mol. The van der Waals surface area contributed by atoms with Gasteiger partial charge in [0.05, 0.1) is 0 Å². The molecule has 0 aliphatic carbocycles. The number of halogens is 1. The summed E-state index contributed by atoms with van der Waals surface area (Å²) in [7, 11) is 0. The van der Waals surface area contributed by atoms with Crippen molar-refractivity contribution < 1.29 is 4.79 Å². The number of rotatable bonds is 4. The van der Waals surface area contributed by atoms with Gasteiger partial charge >= 0.3 is 0 Å². The van der Waals surface area contributed by atoms with E-state index < -0.39 is 0 Å². The Morgan fingerprint density at radius 2 is 1.65 bits per heavy atom. The highest BCUT2D eigenvalue weighted by atomic mass is 35.5. The molecule has 0 saturated heterocycles. The smallest absolute Gasteiger partial charge is 0.239 e. The molecule has 0 spiro atoms. The van der Waals surface area contributed by atoms with Crippen LogP contribution in [0.1, 0.15) is 11.4 Å². The summed E-state index contributed by atoms with van der Waals surface area (Å²) in [5.74, 6) is 0.265. The Labute approximate surface area is 122 Å². The van der Waals surface area contributed by atoms with Gasteiger partial charge in [-0.25, -0.2) is 9.97 Å². The number of aryl methyl sites for hydroxylation is 2. The average molecular weight is 291 g/mol. The lowest BCUT2D eigenvalue weighted by Gasteiger charge is -2.08. The van der Waals surface area contributed by atoms with Gasteiger partial charge in [-0.2, -0.15) is 0 Å². The minimum absolute atomic E-state index is 0.0591. The SMILES string of the molecule is Cc1cc(C)nc(Nc2ccc(NC(=O)CCl)cc2)n1. The summed E-state index contributed by atoms with van der Waals surface area (Å²) < 4.78 is 0. The highest BCUT2D eigenvalue weighted by Crippen LogP contribution is 2.17. The number of carbonyl (C=O) groups is 1. The van der Waals surface area contributed by atoms with E-state index in [4.69, 9.17) is 11.6 Å². The molecule has 1 amide bonds. The van der Waals surface area contributed by atoms with Crippen LogP contribution in [0, 0.1) is 13.8 Å². The van der Waals surface area contributed by atoms with Gasteiger partial charge in [-0.3, -0.25) is 4.79 Å². The first-order chi connectivity index (χ1) is 9.56. The quantitative estimate of drug-likeness (QED) is 0.850. The molecule has 0 fully saturated rings. The second kappa shape index (κ2) is 6.34. The number of alkyl halides is 1. The zero-order chi connectivity index (χ0) is 14.5.